The van der Waals surface area contributed by atoms with E-state index < -0.39 is 15.6 Å². The van der Waals surface area contributed by atoms with Crippen molar-refractivity contribution in [3.63, 3.8) is 0 Å². The van der Waals surface area contributed by atoms with Crippen LogP contribution in [0.1, 0.15) is 13.8 Å². The van der Waals surface area contributed by atoms with E-state index >= 15 is 0 Å². The minimum atomic E-state index is -3.77. The molecule has 0 saturated heterocycles. The van der Waals surface area contributed by atoms with Gasteiger partial charge in [-0.1, -0.05) is 12.1 Å². The summed E-state index contributed by atoms with van der Waals surface area (Å²) in [5, 5.41) is 0. The quantitative estimate of drug-likeness (QED) is 0.898. The zero-order chi connectivity index (χ0) is 14.8. The Morgan fingerprint density at radius 3 is 2.26 bits per heavy atom. The molecule has 1 amide bonds. The fraction of sp³-hybridized carbons (Fsp3) is 0.417. The summed E-state index contributed by atoms with van der Waals surface area (Å²) in [4.78, 5) is 13.4. The monoisotopic (exact) mass is 348 g/mol. The summed E-state index contributed by atoms with van der Waals surface area (Å²) in [6.45, 7) is 3.06. The summed E-state index contributed by atoms with van der Waals surface area (Å²) < 4.78 is 27.4. The second kappa shape index (κ2) is 5.60. The molecule has 0 aliphatic heterocycles. The first kappa shape index (κ1) is 16.1. The Kier molecular flexibility index (Phi) is 4.76. The number of hydrogen-bond acceptors (Lipinski definition) is 3. The molecule has 106 valence electrons. The van der Waals surface area contributed by atoms with Gasteiger partial charge in [0.05, 0.1) is 4.90 Å². The smallest absolute Gasteiger partial charge is 0.242 e. The third-order valence-corrected chi connectivity index (χ3v) is 5.12. The average Bonchev–Trinajstić information content (AvgIpc) is 2.26. The van der Waals surface area contributed by atoms with Crippen LogP contribution in [0, 0.1) is 0 Å². The molecule has 5 nitrogen and oxygen atoms in total. The number of rotatable bonds is 4. The van der Waals surface area contributed by atoms with Gasteiger partial charge in [-0.05, 0) is 41.9 Å². The van der Waals surface area contributed by atoms with Crippen molar-refractivity contribution in [2.45, 2.75) is 24.3 Å². The molecule has 0 spiro atoms. The lowest BCUT2D eigenvalue weighted by Crippen LogP contribution is -2.54. The van der Waals surface area contributed by atoms with Crippen molar-refractivity contribution in [1.82, 2.24) is 9.62 Å². The van der Waals surface area contributed by atoms with Crippen molar-refractivity contribution in [2.75, 3.05) is 14.1 Å². The fourth-order valence-electron chi connectivity index (χ4n) is 1.66. The van der Waals surface area contributed by atoms with Crippen molar-refractivity contribution < 1.29 is 13.2 Å². The molecular formula is C12H17BrN2O3S. The zero-order valence-electron chi connectivity index (χ0n) is 11.3. The third kappa shape index (κ3) is 3.77. The maximum absolute atomic E-state index is 12.3. The molecule has 1 aromatic rings. The van der Waals surface area contributed by atoms with Gasteiger partial charge in [-0.3, -0.25) is 4.79 Å². The van der Waals surface area contributed by atoms with Gasteiger partial charge in [0.25, 0.3) is 0 Å². The first-order valence-corrected chi connectivity index (χ1v) is 7.86. The van der Waals surface area contributed by atoms with E-state index in [1.807, 2.05) is 0 Å². The van der Waals surface area contributed by atoms with Crippen LogP contribution < -0.4 is 4.72 Å². The second-order valence-electron chi connectivity index (χ2n) is 4.86. The van der Waals surface area contributed by atoms with Gasteiger partial charge in [0.1, 0.15) is 5.54 Å². The Balaban J connectivity index is 3.11. The first-order chi connectivity index (χ1) is 8.58. The highest BCUT2D eigenvalue weighted by Gasteiger charge is 2.34. The predicted octanol–water partition coefficient (Wildman–Crippen LogP) is 1.59. The van der Waals surface area contributed by atoms with Crippen LogP contribution in [0.2, 0.25) is 0 Å². The first-order valence-electron chi connectivity index (χ1n) is 5.58. The van der Waals surface area contributed by atoms with Gasteiger partial charge in [-0.2, -0.15) is 4.72 Å². The van der Waals surface area contributed by atoms with Crippen LogP contribution in [0.25, 0.3) is 0 Å². The molecule has 0 heterocycles. The van der Waals surface area contributed by atoms with Crippen LogP contribution in [0.15, 0.2) is 33.6 Å². The van der Waals surface area contributed by atoms with Crippen molar-refractivity contribution >= 4 is 31.9 Å². The normalized spacial score (nSPS) is 12.3. The lowest BCUT2D eigenvalue weighted by atomic mass is 10.1. The van der Waals surface area contributed by atoms with E-state index in [0.29, 0.717) is 4.47 Å². The van der Waals surface area contributed by atoms with Crippen molar-refractivity contribution in [3.8, 4) is 0 Å². The average molecular weight is 349 g/mol. The van der Waals surface area contributed by atoms with Gasteiger partial charge in [0, 0.05) is 18.6 Å². The van der Waals surface area contributed by atoms with E-state index in [9.17, 15) is 13.2 Å². The number of carbonyl (C=O) groups is 1. The molecule has 0 bridgehead atoms. The van der Waals surface area contributed by atoms with Crippen molar-refractivity contribution in [2.24, 2.45) is 0 Å². The van der Waals surface area contributed by atoms with Crippen LogP contribution in [0.3, 0.4) is 0 Å². The van der Waals surface area contributed by atoms with Crippen LogP contribution in [0.5, 0.6) is 0 Å². The summed E-state index contributed by atoms with van der Waals surface area (Å²) >= 11 is 3.19. The Morgan fingerprint density at radius 2 is 1.79 bits per heavy atom. The standard InChI is InChI=1S/C12H17BrN2O3S/c1-12(2,11(16)15(3)4)14-19(17,18)10-8-6-5-7-9(10)13/h5-8,14H,1-4H3. The number of likely N-dealkylation sites (N-methyl/N-ethyl adjacent to an activating group) is 1. The van der Waals surface area contributed by atoms with Crippen LogP contribution in [-0.2, 0) is 14.8 Å². The van der Waals surface area contributed by atoms with Gasteiger partial charge in [-0.25, -0.2) is 8.42 Å². The Labute approximate surface area is 122 Å². The molecule has 0 saturated carbocycles. The number of benzene rings is 1. The topological polar surface area (TPSA) is 66.5 Å². The Morgan fingerprint density at radius 1 is 1.26 bits per heavy atom. The number of halogens is 1. The van der Waals surface area contributed by atoms with Gasteiger partial charge in [0.15, 0.2) is 0 Å². The summed E-state index contributed by atoms with van der Waals surface area (Å²) in [5.74, 6) is -0.317. The highest BCUT2D eigenvalue weighted by molar-refractivity contribution is 9.10. The minimum Gasteiger partial charge on any atom is -0.347 e. The van der Waals surface area contributed by atoms with E-state index in [1.165, 1.54) is 24.8 Å². The lowest BCUT2D eigenvalue weighted by molar-refractivity contribution is -0.133. The van der Waals surface area contributed by atoms with Crippen molar-refractivity contribution in [1.29, 1.82) is 0 Å². The number of carbonyl (C=O) groups excluding carboxylic acids is 1. The van der Waals surface area contributed by atoms with E-state index in [0.717, 1.165) is 0 Å². The molecule has 19 heavy (non-hydrogen) atoms. The molecule has 0 unspecified atom stereocenters. The van der Waals surface area contributed by atoms with Crippen LogP contribution >= 0.6 is 15.9 Å². The largest absolute Gasteiger partial charge is 0.347 e. The van der Waals surface area contributed by atoms with E-state index in [-0.39, 0.29) is 10.8 Å². The number of hydrogen-bond donors (Lipinski definition) is 1. The van der Waals surface area contributed by atoms with Crippen LogP contribution in [-0.4, -0.2) is 38.9 Å². The maximum atomic E-state index is 12.3. The van der Waals surface area contributed by atoms with Gasteiger partial charge < -0.3 is 4.90 Å². The molecule has 1 aromatic carbocycles. The molecule has 0 aliphatic carbocycles. The zero-order valence-corrected chi connectivity index (χ0v) is 13.7. The fourth-order valence-corrected chi connectivity index (χ4v) is 4.03. The molecular weight excluding hydrogens is 332 g/mol. The minimum absolute atomic E-state index is 0.106. The second-order valence-corrected chi connectivity index (χ2v) is 7.37. The summed E-state index contributed by atoms with van der Waals surface area (Å²) in [7, 11) is -0.611. The SMILES string of the molecule is CN(C)C(=O)C(C)(C)NS(=O)(=O)c1ccccc1Br. The number of sulfonamides is 1. The summed E-state index contributed by atoms with van der Waals surface area (Å²) in [6.07, 6.45) is 0. The Hall–Kier alpha value is -0.920. The van der Waals surface area contributed by atoms with Gasteiger partial charge >= 0.3 is 0 Å². The predicted molar refractivity (Wildman–Crippen MR) is 77.2 cm³/mol. The molecule has 7 heteroatoms. The van der Waals surface area contributed by atoms with E-state index in [4.69, 9.17) is 0 Å². The Bertz CT molecular complexity index is 582. The number of nitrogens with zero attached hydrogens (tertiary/aromatic N) is 1. The highest BCUT2D eigenvalue weighted by atomic mass is 79.9. The van der Waals surface area contributed by atoms with Gasteiger partial charge in [0.2, 0.25) is 15.9 Å². The molecule has 0 fully saturated rings. The van der Waals surface area contributed by atoms with Gasteiger partial charge in [-0.15, -0.1) is 0 Å². The number of amides is 1. The number of nitrogens with one attached hydrogen (secondary N) is 1. The van der Waals surface area contributed by atoms with E-state index in [2.05, 4.69) is 20.7 Å². The maximum Gasteiger partial charge on any atom is 0.242 e. The third-order valence-electron chi connectivity index (χ3n) is 2.46. The highest BCUT2D eigenvalue weighted by Crippen LogP contribution is 2.22. The molecule has 1 N–H and O–H groups in total. The lowest BCUT2D eigenvalue weighted by Gasteiger charge is -2.28. The molecule has 0 radical (unpaired) electrons. The summed E-state index contributed by atoms with van der Waals surface area (Å²) in [5.41, 5.74) is -1.21. The van der Waals surface area contributed by atoms with Crippen LogP contribution in [0.4, 0.5) is 0 Å². The molecule has 1 rings (SSSR count). The van der Waals surface area contributed by atoms with E-state index in [1.54, 1.807) is 32.3 Å². The van der Waals surface area contributed by atoms with Crippen molar-refractivity contribution in [3.05, 3.63) is 28.7 Å². The summed E-state index contributed by atoms with van der Waals surface area (Å²) in [6, 6.07) is 6.46. The molecule has 0 aromatic heterocycles. The molecule has 0 aliphatic rings. The molecule has 0 atom stereocenters.